The molecule has 0 radical (unpaired) electrons. The predicted molar refractivity (Wildman–Crippen MR) is 93.5 cm³/mol. The molecular weight excluding hydrogens is 397 g/mol. The van der Waals surface area contributed by atoms with Crippen molar-refractivity contribution in [2.75, 3.05) is 6.54 Å². The van der Waals surface area contributed by atoms with Crippen molar-refractivity contribution in [3.05, 3.63) is 68.8 Å². The minimum Gasteiger partial charge on any atom is -0.327 e. The molecule has 2 nitrogen and oxygen atoms in total. The van der Waals surface area contributed by atoms with Gasteiger partial charge < -0.3 is 11.1 Å². The molecule has 0 heterocycles. The molecule has 0 bridgehead atoms. The van der Waals surface area contributed by atoms with Crippen molar-refractivity contribution in [1.82, 2.24) is 5.32 Å². The predicted octanol–water partition coefficient (Wildman–Crippen LogP) is 3.62. The number of nitrogens with two attached hydrogens (primary N) is 1. The van der Waals surface area contributed by atoms with Gasteiger partial charge in [0, 0.05) is 22.2 Å². The van der Waals surface area contributed by atoms with Crippen molar-refractivity contribution in [3.63, 3.8) is 0 Å². The summed E-state index contributed by atoms with van der Waals surface area (Å²) < 4.78 is 27.4. The Kier molecular flexibility index (Phi) is 6.72. The summed E-state index contributed by atoms with van der Waals surface area (Å²) in [5, 5.41) is 3.34. The van der Waals surface area contributed by atoms with E-state index in [0.29, 0.717) is 12.0 Å². The van der Waals surface area contributed by atoms with Crippen molar-refractivity contribution in [2.45, 2.75) is 25.4 Å². The zero-order valence-corrected chi connectivity index (χ0v) is 14.3. The van der Waals surface area contributed by atoms with Gasteiger partial charge in [-0.15, -0.1) is 0 Å². The lowest BCUT2D eigenvalue weighted by Crippen LogP contribution is -2.28. The Hall–Kier alpha value is -1.05. The first-order valence-corrected chi connectivity index (χ1v) is 8.26. The lowest BCUT2D eigenvalue weighted by molar-refractivity contribution is 0.548. The van der Waals surface area contributed by atoms with E-state index in [0.717, 1.165) is 25.6 Å². The lowest BCUT2D eigenvalue weighted by atomic mass is 10.0. The molecule has 3 N–H and O–H groups in total. The first-order valence-electron chi connectivity index (χ1n) is 7.18. The fourth-order valence-electron chi connectivity index (χ4n) is 2.30. The highest BCUT2D eigenvalue weighted by atomic mass is 127. The van der Waals surface area contributed by atoms with E-state index in [1.807, 2.05) is 6.07 Å². The molecule has 2 rings (SSSR count). The van der Waals surface area contributed by atoms with Gasteiger partial charge in [0.05, 0.1) is 0 Å². The molecule has 1 atom stereocenters. The zero-order valence-electron chi connectivity index (χ0n) is 12.2. The molecule has 0 fully saturated rings. The average Bonchev–Trinajstić information content (AvgIpc) is 2.42. The molecule has 0 aliphatic carbocycles. The molecule has 0 aliphatic rings. The number of halogens is 3. The highest BCUT2D eigenvalue weighted by Gasteiger charge is 2.07. The number of benzene rings is 2. The molecule has 0 spiro atoms. The van der Waals surface area contributed by atoms with Crippen LogP contribution in [-0.4, -0.2) is 12.6 Å². The van der Waals surface area contributed by atoms with Crippen molar-refractivity contribution >= 4 is 22.6 Å². The Labute approximate surface area is 143 Å². The van der Waals surface area contributed by atoms with Crippen LogP contribution in [0.1, 0.15) is 17.5 Å². The largest absolute Gasteiger partial charge is 0.327 e. The molecule has 5 heteroatoms. The summed E-state index contributed by atoms with van der Waals surface area (Å²) in [6.45, 7) is 1.56. The topological polar surface area (TPSA) is 38.0 Å². The van der Waals surface area contributed by atoms with E-state index in [1.54, 1.807) is 0 Å². The van der Waals surface area contributed by atoms with Crippen LogP contribution in [0.5, 0.6) is 0 Å². The fourth-order valence-corrected chi connectivity index (χ4v) is 2.91. The van der Waals surface area contributed by atoms with Crippen LogP contribution >= 0.6 is 22.6 Å². The summed E-state index contributed by atoms with van der Waals surface area (Å²) in [6, 6.07) is 11.7. The average molecular weight is 416 g/mol. The van der Waals surface area contributed by atoms with Gasteiger partial charge in [-0.2, -0.15) is 0 Å². The molecule has 0 aromatic heterocycles. The Bertz CT molecular complexity index is 599. The third-order valence-corrected chi connectivity index (χ3v) is 4.00. The minimum atomic E-state index is -0.556. The SMILES string of the molecule is N[C@@H](CCNCc1cccc(I)c1)Cc1cc(F)cc(F)c1. The van der Waals surface area contributed by atoms with Crippen LogP contribution in [0.4, 0.5) is 8.78 Å². The van der Waals surface area contributed by atoms with Crippen LogP contribution in [0.2, 0.25) is 0 Å². The Morgan fingerprint density at radius 3 is 2.45 bits per heavy atom. The quantitative estimate of drug-likeness (QED) is 0.535. The molecule has 0 saturated carbocycles. The number of rotatable bonds is 7. The van der Waals surface area contributed by atoms with Gasteiger partial charge in [0.2, 0.25) is 0 Å². The van der Waals surface area contributed by atoms with E-state index >= 15 is 0 Å². The third-order valence-electron chi connectivity index (χ3n) is 3.33. The van der Waals surface area contributed by atoms with Gasteiger partial charge in [-0.05, 0) is 77.4 Å². The highest BCUT2D eigenvalue weighted by Crippen LogP contribution is 2.11. The van der Waals surface area contributed by atoms with Gasteiger partial charge in [0.1, 0.15) is 11.6 Å². The summed E-state index contributed by atoms with van der Waals surface area (Å²) in [4.78, 5) is 0. The van der Waals surface area contributed by atoms with Crippen LogP contribution in [0.25, 0.3) is 0 Å². The molecule has 2 aromatic rings. The van der Waals surface area contributed by atoms with Crippen LogP contribution in [0.15, 0.2) is 42.5 Å². The van der Waals surface area contributed by atoms with Crippen LogP contribution in [-0.2, 0) is 13.0 Å². The fraction of sp³-hybridized carbons (Fsp3) is 0.294. The van der Waals surface area contributed by atoms with E-state index in [1.165, 1.54) is 21.3 Å². The van der Waals surface area contributed by atoms with E-state index in [4.69, 9.17) is 5.73 Å². The van der Waals surface area contributed by atoms with E-state index in [-0.39, 0.29) is 6.04 Å². The summed E-state index contributed by atoms with van der Waals surface area (Å²) >= 11 is 2.29. The van der Waals surface area contributed by atoms with Gasteiger partial charge >= 0.3 is 0 Å². The summed E-state index contributed by atoms with van der Waals surface area (Å²) in [5.74, 6) is -1.11. The molecule has 118 valence electrons. The lowest BCUT2D eigenvalue weighted by Gasteiger charge is -2.13. The summed E-state index contributed by atoms with van der Waals surface area (Å²) in [5.41, 5.74) is 7.85. The Morgan fingerprint density at radius 2 is 1.77 bits per heavy atom. The second-order valence-corrected chi connectivity index (χ2v) is 6.58. The normalized spacial score (nSPS) is 12.4. The second-order valence-electron chi connectivity index (χ2n) is 5.34. The third kappa shape index (κ3) is 5.98. The zero-order chi connectivity index (χ0) is 15.9. The smallest absolute Gasteiger partial charge is 0.126 e. The van der Waals surface area contributed by atoms with Crippen LogP contribution in [0, 0.1) is 15.2 Å². The van der Waals surface area contributed by atoms with Gasteiger partial charge in [-0.25, -0.2) is 8.78 Å². The van der Waals surface area contributed by atoms with Crippen LogP contribution in [0.3, 0.4) is 0 Å². The number of nitrogens with one attached hydrogen (secondary N) is 1. The van der Waals surface area contributed by atoms with Crippen molar-refractivity contribution in [1.29, 1.82) is 0 Å². The van der Waals surface area contributed by atoms with Gasteiger partial charge in [-0.1, -0.05) is 12.1 Å². The Balaban J connectivity index is 1.72. The first kappa shape index (κ1) is 17.3. The maximum atomic E-state index is 13.1. The van der Waals surface area contributed by atoms with Crippen molar-refractivity contribution in [3.8, 4) is 0 Å². The molecule has 22 heavy (non-hydrogen) atoms. The van der Waals surface area contributed by atoms with E-state index < -0.39 is 11.6 Å². The van der Waals surface area contributed by atoms with Crippen molar-refractivity contribution < 1.29 is 8.78 Å². The second kappa shape index (κ2) is 8.55. The summed E-state index contributed by atoms with van der Waals surface area (Å²) in [6.07, 6.45) is 1.22. The molecule has 0 amide bonds. The molecule has 2 aromatic carbocycles. The Morgan fingerprint density at radius 1 is 1.05 bits per heavy atom. The maximum absolute atomic E-state index is 13.1. The standard InChI is InChI=1S/C17H19F2IN2/c18-14-6-13(7-15(19)10-14)9-17(21)4-5-22-11-12-2-1-3-16(20)8-12/h1-3,6-8,10,17,22H,4-5,9,11,21H2/t17-/m0/s1. The number of hydrogen-bond acceptors (Lipinski definition) is 2. The first-order chi connectivity index (χ1) is 10.5. The minimum absolute atomic E-state index is 0.121. The highest BCUT2D eigenvalue weighted by molar-refractivity contribution is 14.1. The van der Waals surface area contributed by atoms with Gasteiger partial charge in [0.15, 0.2) is 0 Å². The summed E-state index contributed by atoms with van der Waals surface area (Å²) in [7, 11) is 0. The molecular formula is C17H19F2IN2. The van der Waals surface area contributed by atoms with Crippen molar-refractivity contribution in [2.24, 2.45) is 5.73 Å². The number of hydrogen-bond donors (Lipinski definition) is 2. The molecule has 0 aliphatic heterocycles. The monoisotopic (exact) mass is 416 g/mol. The molecule has 0 unspecified atom stereocenters. The van der Waals surface area contributed by atoms with E-state index in [9.17, 15) is 8.78 Å². The maximum Gasteiger partial charge on any atom is 0.126 e. The van der Waals surface area contributed by atoms with E-state index in [2.05, 4.69) is 46.1 Å². The molecule has 0 saturated heterocycles. The van der Waals surface area contributed by atoms with Crippen LogP contribution < -0.4 is 11.1 Å². The van der Waals surface area contributed by atoms with Gasteiger partial charge in [-0.3, -0.25) is 0 Å². The van der Waals surface area contributed by atoms with Gasteiger partial charge in [0.25, 0.3) is 0 Å².